The predicted molar refractivity (Wildman–Crippen MR) is 67.8 cm³/mol. The number of nitrogens with two attached hydrogens (primary N) is 1. The molecule has 4 aliphatic rings. The molecular weight excluding hydrogens is 244 g/mol. The van der Waals surface area contributed by atoms with E-state index in [0.29, 0.717) is 12.5 Å². The maximum Gasteiger partial charge on any atom is 0.330 e. The molecule has 6 heteroatoms. The zero-order valence-corrected chi connectivity index (χ0v) is 11.0. The van der Waals surface area contributed by atoms with Crippen molar-refractivity contribution in [1.29, 1.82) is 0 Å². The van der Waals surface area contributed by atoms with Crippen LogP contribution in [0.15, 0.2) is 4.42 Å². The molecule has 1 aromatic rings. The van der Waals surface area contributed by atoms with Crippen LogP contribution < -0.4 is 11.3 Å². The summed E-state index contributed by atoms with van der Waals surface area (Å²) in [6.45, 7) is 0.404. The first-order valence-corrected chi connectivity index (χ1v) is 7.18. The molecule has 0 unspecified atom stereocenters. The van der Waals surface area contributed by atoms with E-state index < -0.39 is 0 Å². The fourth-order valence-corrected chi connectivity index (χ4v) is 4.79. The van der Waals surface area contributed by atoms with Crippen LogP contribution in [0.3, 0.4) is 0 Å². The number of anilines is 1. The Balaban J connectivity index is 1.44. The van der Waals surface area contributed by atoms with Crippen molar-refractivity contribution in [3.05, 3.63) is 5.89 Å². The van der Waals surface area contributed by atoms with Crippen molar-refractivity contribution >= 4 is 6.01 Å². The average Bonchev–Trinajstić information content (AvgIpc) is 2.83. The van der Waals surface area contributed by atoms with E-state index in [1.807, 2.05) is 0 Å². The van der Waals surface area contributed by atoms with E-state index in [4.69, 9.17) is 15.0 Å². The topological polar surface area (TPSA) is 86.2 Å². The summed E-state index contributed by atoms with van der Waals surface area (Å²) in [5.41, 5.74) is 2.43. The van der Waals surface area contributed by atoms with Gasteiger partial charge in [0, 0.05) is 0 Å². The van der Waals surface area contributed by atoms with Crippen molar-refractivity contribution in [1.82, 2.24) is 10.2 Å². The molecule has 0 amide bonds. The van der Waals surface area contributed by atoms with Gasteiger partial charge in [0.1, 0.15) is 6.61 Å². The minimum Gasteiger partial charge on any atom is -0.405 e. The zero-order chi connectivity index (χ0) is 12.9. The first-order valence-electron chi connectivity index (χ1n) is 7.18. The van der Waals surface area contributed by atoms with Gasteiger partial charge in [0.25, 0.3) is 0 Å². The number of nitrogens with one attached hydrogen (secondary N) is 1. The summed E-state index contributed by atoms with van der Waals surface area (Å²) in [4.78, 5) is 0. The van der Waals surface area contributed by atoms with Crippen LogP contribution in [0.5, 0.6) is 0 Å². The second-order valence-corrected chi connectivity index (χ2v) is 6.53. The fourth-order valence-electron chi connectivity index (χ4n) is 4.79. The summed E-state index contributed by atoms with van der Waals surface area (Å²) in [7, 11) is 0. The second kappa shape index (κ2) is 4.18. The lowest BCUT2D eigenvalue weighted by molar-refractivity contribution is -0.171. The highest BCUT2D eigenvalue weighted by Crippen LogP contribution is 2.57. The van der Waals surface area contributed by atoms with Crippen molar-refractivity contribution in [2.24, 2.45) is 23.6 Å². The number of nitrogen functional groups attached to an aromatic ring is 1. The number of hydrazine groups is 1. The summed E-state index contributed by atoms with van der Waals surface area (Å²) in [5.74, 6) is 8.38. The molecule has 0 aliphatic heterocycles. The Bertz CT molecular complexity index is 438. The van der Waals surface area contributed by atoms with E-state index in [2.05, 4.69) is 15.6 Å². The third-order valence-electron chi connectivity index (χ3n) is 5.07. The molecule has 0 aromatic carbocycles. The summed E-state index contributed by atoms with van der Waals surface area (Å²) in [6, 6.07) is 0.240. The summed E-state index contributed by atoms with van der Waals surface area (Å²) in [5, 5.41) is 7.69. The average molecular weight is 264 g/mol. The SMILES string of the molecule is NNc1nnc(COC23CC4CC(CC(C4)C2)C3)o1. The molecule has 19 heavy (non-hydrogen) atoms. The van der Waals surface area contributed by atoms with Gasteiger partial charge in [-0.3, -0.25) is 5.43 Å². The first-order chi connectivity index (χ1) is 9.25. The Hall–Kier alpha value is -1.14. The van der Waals surface area contributed by atoms with Crippen LogP contribution in [0.4, 0.5) is 6.01 Å². The molecule has 4 saturated carbocycles. The normalized spacial score (nSPS) is 39.7. The van der Waals surface area contributed by atoms with Crippen LogP contribution >= 0.6 is 0 Å². The summed E-state index contributed by atoms with van der Waals surface area (Å²) >= 11 is 0. The van der Waals surface area contributed by atoms with Crippen molar-refractivity contribution in [2.75, 3.05) is 5.43 Å². The highest BCUT2D eigenvalue weighted by molar-refractivity contribution is 5.12. The lowest BCUT2D eigenvalue weighted by Crippen LogP contribution is -2.51. The van der Waals surface area contributed by atoms with Gasteiger partial charge in [-0.1, -0.05) is 5.10 Å². The molecule has 5 rings (SSSR count). The molecule has 1 heterocycles. The molecule has 3 N–H and O–H groups in total. The number of hydrogen-bond donors (Lipinski definition) is 2. The molecule has 0 saturated heterocycles. The third-order valence-corrected chi connectivity index (χ3v) is 5.07. The van der Waals surface area contributed by atoms with E-state index in [-0.39, 0.29) is 11.6 Å². The Morgan fingerprint density at radius 3 is 2.32 bits per heavy atom. The van der Waals surface area contributed by atoms with Gasteiger partial charge >= 0.3 is 6.01 Å². The van der Waals surface area contributed by atoms with Gasteiger partial charge in [0.05, 0.1) is 5.60 Å². The molecule has 4 fully saturated rings. The van der Waals surface area contributed by atoms with Crippen molar-refractivity contribution in [2.45, 2.75) is 50.7 Å². The zero-order valence-electron chi connectivity index (χ0n) is 11.0. The van der Waals surface area contributed by atoms with E-state index in [9.17, 15) is 0 Å². The molecule has 0 atom stereocenters. The lowest BCUT2D eigenvalue weighted by Gasteiger charge is -2.56. The molecule has 0 radical (unpaired) electrons. The second-order valence-electron chi connectivity index (χ2n) is 6.53. The van der Waals surface area contributed by atoms with Gasteiger partial charge in [0.15, 0.2) is 0 Å². The van der Waals surface area contributed by atoms with Crippen LogP contribution in [-0.4, -0.2) is 15.8 Å². The van der Waals surface area contributed by atoms with E-state index in [1.54, 1.807) is 0 Å². The highest BCUT2D eigenvalue weighted by Gasteiger charge is 2.51. The number of hydrogen-bond acceptors (Lipinski definition) is 6. The maximum absolute atomic E-state index is 6.22. The smallest absolute Gasteiger partial charge is 0.330 e. The van der Waals surface area contributed by atoms with Gasteiger partial charge in [-0.15, -0.1) is 5.10 Å². The van der Waals surface area contributed by atoms with Gasteiger partial charge in [-0.2, -0.15) is 0 Å². The van der Waals surface area contributed by atoms with Crippen LogP contribution in [0, 0.1) is 17.8 Å². The summed E-state index contributed by atoms with van der Waals surface area (Å²) in [6.07, 6.45) is 7.92. The van der Waals surface area contributed by atoms with E-state index in [1.165, 1.54) is 38.5 Å². The van der Waals surface area contributed by atoms with Crippen molar-refractivity contribution in [3.8, 4) is 0 Å². The minimum absolute atomic E-state index is 0.0829. The first kappa shape index (κ1) is 11.7. The van der Waals surface area contributed by atoms with Crippen molar-refractivity contribution < 1.29 is 9.15 Å². The quantitative estimate of drug-likeness (QED) is 0.637. The van der Waals surface area contributed by atoms with E-state index in [0.717, 1.165) is 17.8 Å². The fraction of sp³-hybridized carbons (Fsp3) is 0.846. The highest BCUT2D eigenvalue weighted by atomic mass is 16.5. The summed E-state index contributed by atoms with van der Waals surface area (Å²) < 4.78 is 11.5. The predicted octanol–water partition coefficient (Wildman–Crippen LogP) is 1.84. The molecule has 4 bridgehead atoms. The maximum atomic E-state index is 6.22. The Morgan fingerprint density at radius 2 is 1.79 bits per heavy atom. The molecule has 104 valence electrons. The van der Waals surface area contributed by atoms with Crippen LogP contribution in [0.25, 0.3) is 0 Å². The third kappa shape index (κ3) is 2.03. The van der Waals surface area contributed by atoms with Gasteiger partial charge in [-0.25, -0.2) is 5.84 Å². The lowest BCUT2D eigenvalue weighted by atomic mass is 9.54. The number of rotatable bonds is 4. The number of nitrogens with zero attached hydrogens (tertiary/aromatic N) is 2. The Labute approximate surface area is 112 Å². The van der Waals surface area contributed by atoms with Crippen LogP contribution in [0.1, 0.15) is 44.4 Å². The number of aromatic nitrogens is 2. The number of ether oxygens (including phenoxy) is 1. The van der Waals surface area contributed by atoms with E-state index >= 15 is 0 Å². The standard InChI is InChI=1S/C13H20N4O2/c14-15-12-17-16-11(19-12)7-18-13-4-8-1-9(5-13)3-10(2-8)6-13/h8-10H,1-7,14H2,(H,15,17). The van der Waals surface area contributed by atoms with Crippen LogP contribution in [0.2, 0.25) is 0 Å². The molecule has 6 nitrogen and oxygen atoms in total. The Kier molecular flexibility index (Phi) is 2.57. The Morgan fingerprint density at radius 1 is 1.16 bits per heavy atom. The monoisotopic (exact) mass is 264 g/mol. The van der Waals surface area contributed by atoms with Crippen LogP contribution in [-0.2, 0) is 11.3 Å². The molecule has 1 aromatic heterocycles. The van der Waals surface area contributed by atoms with Crippen molar-refractivity contribution in [3.63, 3.8) is 0 Å². The molecule has 0 spiro atoms. The largest absolute Gasteiger partial charge is 0.405 e. The van der Waals surface area contributed by atoms with Gasteiger partial charge in [0.2, 0.25) is 5.89 Å². The van der Waals surface area contributed by atoms with Gasteiger partial charge in [-0.05, 0) is 56.3 Å². The minimum atomic E-state index is 0.0829. The molecule has 4 aliphatic carbocycles. The van der Waals surface area contributed by atoms with Gasteiger partial charge < -0.3 is 9.15 Å². The molecular formula is C13H20N4O2.